The van der Waals surface area contributed by atoms with Gasteiger partial charge in [0.15, 0.2) is 11.5 Å². The molecule has 2 N–H and O–H groups in total. The van der Waals surface area contributed by atoms with Crippen molar-refractivity contribution in [2.75, 3.05) is 30.4 Å². The molecule has 6 heteroatoms. The molecule has 0 atom stereocenters. The largest absolute Gasteiger partial charge is 0.486 e. The van der Waals surface area contributed by atoms with Gasteiger partial charge in [0.1, 0.15) is 13.2 Å². The quantitative estimate of drug-likeness (QED) is 0.884. The Morgan fingerprint density at radius 2 is 1.75 bits per heavy atom. The highest BCUT2D eigenvalue weighted by Gasteiger charge is 2.11. The lowest BCUT2D eigenvalue weighted by molar-refractivity contribution is -0.115. The van der Waals surface area contributed by atoms with E-state index in [1.807, 2.05) is 24.3 Å². The van der Waals surface area contributed by atoms with E-state index in [-0.39, 0.29) is 5.91 Å². The number of nitrogens with zero attached hydrogens (tertiary/aromatic N) is 1. The molecule has 0 aliphatic carbocycles. The predicted octanol–water partition coefficient (Wildman–Crippen LogP) is 2.77. The summed E-state index contributed by atoms with van der Waals surface area (Å²) in [7, 11) is 0. The third kappa shape index (κ3) is 3.96. The van der Waals surface area contributed by atoms with Gasteiger partial charge in [-0.15, -0.1) is 0 Å². The van der Waals surface area contributed by atoms with E-state index in [0.29, 0.717) is 43.2 Å². The summed E-state index contributed by atoms with van der Waals surface area (Å²) in [5.74, 6) is 1.36. The first-order valence-corrected chi connectivity index (χ1v) is 7.68. The molecule has 2 aromatic rings. The number of nitriles is 1. The van der Waals surface area contributed by atoms with Crippen molar-refractivity contribution in [2.24, 2.45) is 0 Å². The Morgan fingerprint density at radius 1 is 1.04 bits per heavy atom. The Hall–Kier alpha value is -3.20. The third-order valence-electron chi connectivity index (χ3n) is 3.52. The summed E-state index contributed by atoms with van der Waals surface area (Å²) in [6.07, 6.45) is 0.328. The molecule has 1 aliphatic heterocycles. The van der Waals surface area contributed by atoms with Crippen LogP contribution in [0.15, 0.2) is 42.5 Å². The van der Waals surface area contributed by atoms with Gasteiger partial charge in [0.05, 0.1) is 11.6 Å². The Balaban J connectivity index is 1.47. The number of anilines is 2. The summed E-state index contributed by atoms with van der Waals surface area (Å²) in [5.41, 5.74) is 2.12. The number of carbonyl (C=O) groups is 1. The van der Waals surface area contributed by atoms with Crippen molar-refractivity contribution in [3.63, 3.8) is 0 Å². The van der Waals surface area contributed by atoms with Crippen LogP contribution in [0.3, 0.4) is 0 Å². The van der Waals surface area contributed by atoms with Crippen molar-refractivity contribution >= 4 is 17.3 Å². The molecule has 1 heterocycles. The van der Waals surface area contributed by atoms with Crippen LogP contribution in [0.5, 0.6) is 11.5 Å². The Labute approximate surface area is 140 Å². The van der Waals surface area contributed by atoms with Crippen LogP contribution in [0.25, 0.3) is 0 Å². The SMILES string of the molecule is N#Cc1ccc(NC(=O)CCNc2ccc3c(c2)OCCO3)cc1. The van der Waals surface area contributed by atoms with E-state index in [2.05, 4.69) is 10.6 Å². The smallest absolute Gasteiger partial charge is 0.226 e. The molecular weight excluding hydrogens is 306 g/mol. The lowest BCUT2D eigenvalue weighted by Crippen LogP contribution is -2.17. The molecule has 0 bridgehead atoms. The molecule has 0 saturated heterocycles. The van der Waals surface area contributed by atoms with Gasteiger partial charge < -0.3 is 20.1 Å². The van der Waals surface area contributed by atoms with Gasteiger partial charge in [0.25, 0.3) is 0 Å². The zero-order valence-corrected chi connectivity index (χ0v) is 13.0. The zero-order chi connectivity index (χ0) is 16.8. The molecule has 0 aromatic heterocycles. The first-order chi connectivity index (χ1) is 11.7. The number of fused-ring (bicyclic) bond motifs is 1. The molecule has 6 nitrogen and oxygen atoms in total. The number of benzene rings is 2. The fourth-order valence-electron chi connectivity index (χ4n) is 2.33. The minimum absolute atomic E-state index is 0.0928. The van der Waals surface area contributed by atoms with Crippen LogP contribution < -0.4 is 20.1 Å². The van der Waals surface area contributed by atoms with Crippen LogP contribution in [0.1, 0.15) is 12.0 Å². The topological polar surface area (TPSA) is 83.4 Å². The molecule has 1 amide bonds. The standard InChI is InChI=1S/C18H17N3O3/c19-12-13-1-3-14(4-2-13)21-18(22)7-8-20-15-5-6-16-17(11-15)24-10-9-23-16/h1-6,11,20H,7-10H2,(H,21,22). The van der Waals surface area contributed by atoms with Crippen LogP contribution in [0.2, 0.25) is 0 Å². The second-order valence-corrected chi connectivity index (χ2v) is 5.27. The summed E-state index contributed by atoms with van der Waals surface area (Å²) in [6, 6.07) is 14.4. The number of amides is 1. The number of rotatable bonds is 5. The van der Waals surface area contributed by atoms with Gasteiger partial charge >= 0.3 is 0 Å². The molecule has 0 saturated carbocycles. The van der Waals surface area contributed by atoms with E-state index in [1.165, 1.54) is 0 Å². The van der Waals surface area contributed by atoms with E-state index in [9.17, 15) is 4.79 Å². The number of ether oxygens (including phenoxy) is 2. The van der Waals surface area contributed by atoms with Crippen molar-refractivity contribution in [3.05, 3.63) is 48.0 Å². The molecule has 122 valence electrons. The average Bonchev–Trinajstić information content (AvgIpc) is 2.62. The predicted molar refractivity (Wildman–Crippen MR) is 90.3 cm³/mol. The van der Waals surface area contributed by atoms with Gasteiger partial charge in [-0.1, -0.05) is 0 Å². The van der Waals surface area contributed by atoms with Crippen LogP contribution in [0, 0.1) is 11.3 Å². The summed E-state index contributed by atoms with van der Waals surface area (Å²) in [5, 5.41) is 14.7. The van der Waals surface area contributed by atoms with Crippen molar-refractivity contribution in [1.29, 1.82) is 5.26 Å². The van der Waals surface area contributed by atoms with Gasteiger partial charge in [-0.05, 0) is 36.4 Å². The molecule has 0 radical (unpaired) electrons. The van der Waals surface area contributed by atoms with Crippen molar-refractivity contribution in [3.8, 4) is 17.6 Å². The second kappa shape index (κ2) is 7.38. The lowest BCUT2D eigenvalue weighted by atomic mass is 10.2. The Bertz CT molecular complexity index is 766. The van der Waals surface area contributed by atoms with Gasteiger partial charge in [-0.25, -0.2) is 0 Å². The summed E-state index contributed by atoms with van der Waals surface area (Å²) >= 11 is 0. The Kier molecular flexibility index (Phi) is 4.82. The van der Waals surface area contributed by atoms with E-state index in [0.717, 1.165) is 11.4 Å². The van der Waals surface area contributed by atoms with Crippen LogP contribution in [0.4, 0.5) is 11.4 Å². The lowest BCUT2D eigenvalue weighted by Gasteiger charge is -2.19. The zero-order valence-electron chi connectivity index (χ0n) is 13.0. The number of hydrogen-bond donors (Lipinski definition) is 2. The fourth-order valence-corrected chi connectivity index (χ4v) is 2.33. The molecule has 24 heavy (non-hydrogen) atoms. The van der Waals surface area contributed by atoms with E-state index < -0.39 is 0 Å². The highest BCUT2D eigenvalue weighted by atomic mass is 16.6. The molecule has 3 rings (SSSR count). The first kappa shape index (κ1) is 15.7. The molecule has 0 fully saturated rings. The third-order valence-corrected chi connectivity index (χ3v) is 3.52. The maximum Gasteiger partial charge on any atom is 0.226 e. The summed E-state index contributed by atoms with van der Waals surface area (Å²) in [4.78, 5) is 11.9. The van der Waals surface area contributed by atoms with E-state index in [1.54, 1.807) is 24.3 Å². The van der Waals surface area contributed by atoms with Gasteiger partial charge in [-0.2, -0.15) is 5.26 Å². The maximum absolute atomic E-state index is 11.9. The average molecular weight is 323 g/mol. The Morgan fingerprint density at radius 3 is 2.50 bits per heavy atom. The van der Waals surface area contributed by atoms with Crippen molar-refractivity contribution < 1.29 is 14.3 Å². The van der Waals surface area contributed by atoms with Crippen LogP contribution in [-0.4, -0.2) is 25.7 Å². The minimum atomic E-state index is -0.0928. The highest BCUT2D eigenvalue weighted by molar-refractivity contribution is 5.91. The molecule has 1 aliphatic rings. The van der Waals surface area contributed by atoms with Gasteiger partial charge in [-0.3, -0.25) is 4.79 Å². The fraction of sp³-hybridized carbons (Fsp3) is 0.222. The monoisotopic (exact) mass is 323 g/mol. The number of hydrogen-bond acceptors (Lipinski definition) is 5. The minimum Gasteiger partial charge on any atom is -0.486 e. The van der Waals surface area contributed by atoms with Crippen molar-refractivity contribution in [2.45, 2.75) is 6.42 Å². The summed E-state index contributed by atoms with van der Waals surface area (Å²) in [6.45, 7) is 1.61. The number of nitrogens with one attached hydrogen (secondary N) is 2. The normalized spacial score (nSPS) is 12.1. The van der Waals surface area contributed by atoms with Gasteiger partial charge in [0.2, 0.25) is 5.91 Å². The molecule has 0 unspecified atom stereocenters. The van der Waals surface area contributed by atoms with Crippen LogP contribution >= 0.6 is 0 Å². The molecular formula is C18H17N3O3. The van der Waals surface area contributed by atoms with Gasteiger partial charge in [0, 0.05) is 30.4 Å². The molecule has 2 aromatic carbocycles. The molecule has 0 spiro atoms. The van der Waals surface area contributed by atoms with E-state index >= 15 is 0 Å². The van der Waals surface area contributed by atoms with Crippen molar-refractivity contribution in [1.82, 2.24) is 0 Å². The first-order valence-electron chi connectivity index (χ1n) is 7.68. The van der Waals surface area contributed by atoms with Crippen LogP contribution in [-0.2, 0) is 4.79 Å². The highest BCUT2D eigenvalue weighted by Crippen LogP contribution is 2.32. The van der Waals surface area contributed by atoms with E-state index in [4.69, 9.17) is 14.7 Å². The maximum atomic E-state index is 11.9. The summed E-state index contributed by atoms with van der Waals surface area (Å²) < 4.78 is 11.0. The number of carbonyl (C=O) groups excluding carboxylic acids is 1. The second-order valence-electron chi connectivity index (χ2n) is 5.27.